The summed E-state index contributed by atoms with van der Waals surface area (Å²) in [5.41, 5.74) is 6.37. The van der Waals surface area contributed by atoms with Gasteiger partial charge in [-0.15, -0.1) is 10.2 Å². The number of amides is 1. The summed E-state index contributed by atoms with van der Waals surface area (Å²) in [5, 5.41) is 13.6. The van der Waals surface area contributed by atoms with Gasteiger partial charge in [0.05, 0.1) is 17.0 Å². The molecule has 0 atom stereocenters. The Bertz CT molecular complexity index is 1300. The van der Waals surface area contributed by atoms with Gasteiger partial charge in [-0.05, 0) is 42.8 Å². The van der Waals surface area contributed by atoms with Crippen LogP contribution in [0.15, 0.2) is 94.4 Å². The van der Waals surface area contributed by atoms with Gasteiger partial charge in [-0.1, -0.05) is 71.4 Å². The lowest BCUT2D eigenvalue weighted by atomic mass is 10.2. The van der Waals surface area contributed by atoms with E-state index < -0.39 is 0 Å². The number of aromatic nitrogens is 4. The van der Waals surface area contributed by atoms with Crippen LogP contribution in [0.2, 0.25) is 0 Å². The summed E-state index contributed by atoms with van der Waals surface area (Å²) >= 11 is 7.43. The summed E-state index contributed by atoms with van der Waals surface area (Å²) < 4.78 is 1.93. The molecule has 34 heavy (non-hydrogen) atoms. The van der Waals surface area contributed by atoms with Gasteiger partial charge in [-0.3, -0.25) is 14.3 Å². The molecule has 2 heterocycles. The first kappa shape index (κ1) is 23.4. The van der Waals surface area contributed by atoms with Gasteiger partial charge in [-0.25, -0.2) is 5.43 Å². The number of allylic oxidation sites excluding steroid dienone is 1. The van der Waals surface area contributed by atoms with Crippen LogP contribution < -0.4 is 5.43 Å². The highest BCUT2D eigenvalue weighted by Gasteiger charge is 2.17. The van der Waals surface area contributed by atoms with Crippen molar-refractivity contribution < 1.29 is 4.79 Å². The first-order valence-electron chi connectivity index (χ1n) is 10.4. The molecule has 0 aliphatic heterocycles. The number of benzene rings is 2. The summed E-state index contributed by atoms with van der Waals surface area (Å²) in [6.45, 7) is 2.03. The zero-order valence-electron chi connectivity index (χ0n) is 18.3. The third-order valence-electron chi connectivity index (χ3n) is 4.68. The van der Waals surface area contributed by atoms with Gasteiger partial charge in [0.15, 0.2) is 11.0 Å². The summed E-state index contributed by atoms with van der Waals surface area (Å²) in [7, 11) is 0. The van der Waals surface area contributed by atoms with Crippen molar-refractivity contribution in [3.05, 3.63) is 95.3 Å². The second-order valence-electron chi connectivity index (χ2n) is 7.23. The fraction of sp³-hybridized carbons (Fsp3) is 0.0800. The van der Waals surface area contributed by atoms with E-state index in [9.17, 15) is 4.79 Å². The van der Waals surface area contributed by atoms with E-state index in [4.69, 9.17) is 11.6 Å². The van der Waals surface area contributed by atoms with Crippen molar-refractivity contribution >= 4 is 41.6 Å². The molecule has 7 nitrogen and oxygen atoms in total. The van der Waals surface area contributed by atoms with E-state index in [2.05, 4.69) is 25.7 Å². The van der Waals surface area contributed by atoms with Crippen molar-refractivity contribution in [3.8, 4) is 17.1 Å². The van der Waals surface area contributed by atoms with E-state index in [0.717, 1.165) is 22.4 Å². The predicted molar refractivity (Wildman–Crippen MR) is 137 cm³/mol. The van der Waals surface area contributed by atoms with Crippen LogP contribution in [0.1, 0.15) is 11.1 Å². The van der Waals surface area contributed by atoms with E-state index in [-0.39, 0.29) is 11.7 Å². The maximum absolute atomic E-state index is 12.4. The number of hydrogen-bond donors (Lipinski definition) is 1. The van der Waals surface area contributed by atoms with Crippen LogP contribution in [0.25, 0.3) is 23.2 Å². The minimum atomic E-state index is -0.283. The van der Waals surface area contributed by atoms with Gasteiger partial charge in [0, 0.05) is 23.6 Å². The Morgan fingerprint density at radius 1 is 1.06 bits per heavy atom. The number of halogens is 1. The molecule has 0 bridgehead atoms. The quantitative estimate of drug-likeness (QED) is 0.211. The minimum absolute atomic E-state index is 0.109. The van der Waals surface area contributed by atoms with Gasteiger partial charge in [-0.2, -0.15) is 5.10 Å². The SMILES string of the molecule is Cc1ccc(-n2c(SCC(=O)NN=CC(Cl)=Cc3ccccc3)nnc2-c2ccncc2)cc1. The third kappa shape index (κ3) is 6.18. The van der Waals surface area contributed by atoms with Crippen LogP contribution in [0.4, 0.5) is 0 Å². The van der Waals surface area contributed by atoms with Crippen molar-refractivity contribution in [2.24, 2.45) is 5.10 Å². The van der Waals surface area contributed by atoms with Crippen molar-refractivity contribution in [1.29, 1.82) is 0 Å². The lowest BCUT2D eigenvalue weighted by Gasteiger charge is -2.10. The molecule has 170 valence electrons. The number of aryl methyl sites for hydroxylation is 1. The average Bonchev–Trinajstić information content (AvgIpc) is 3.28. The molecule has 2 aromatic carbocycles. The number of rotatable bonds is 8. The fourth-order valence-electron chi connectivity index (χ4n) is 3.05. The number of nitrogens with one attached hydrogen (secondary N) is 1. The van der Waals surface area contributed by atoms with Gasteiger partial charge in [0.1, 0.15) is 0 Å². The highest BCUT2D eigenvalue weighted by molar-refractivity contribution is 7.99. The highest BCUT2D eigenvalue weighted by atomic mass is 35.5. The van der Waals surface area contributed by atoms with Crippen LogP contribution >= 0.6 is 23.4 Å². The van der Waals surface area contributed by atoms with Crippen LogP contribution in [0.5, 0.6) is 0 Å². The van der Waals surface area contributed by atoms with Crippen molar-refractivity contribution in [2.75, 3.05) is 5.75 Å². The Morgan fingerprint density at radius 2 is 1.79 bits per heavy atom. The molecule has 1 amide bonds. The lowest BCUT2D eigenvalue weighted by molar-refractivity contribution is -0.118. The van der Waals surface area contributed by atoms with Crippen LogP contribution in [-0.2, 0) is 4.79 Å². The first-order chi connectivity index (χ1) is 16.6. The largest absolute Gasteiger partial charge is 0.272 e. The van der Waals surface area contributed by atoms with Crippen molar-refractivity contribution in [1.82, 2.24) is 25.2 Å². The molecule has 9 heteroatoms. The maximum Gasteiger partial charge on any atom is 0.250 e. The number of nitrogens with zero attached hydrogens (tertiary/aromatic N) is 5. The molecule has 0 fully saturated rings. The number of pyridine rings is 1. The molecule has 0 unspecified atom stereocenters. The third-order valence-corrected chi connectivity index (χ3v) is 5.81. The standard InChI is InChI=1S/C25H21ClN6OS/c1-18-7-9-22(10-8-18)32-24(20-11-13-27-14-12-20)30-31-25(32)34-17-23(33)29-28-16-21(26)15-19-5-3-2-4-6-19/h2-16H,17H2,1H3,(H,29,33). The minimum Gasteiger partial charge on any atom is -0.272 e. The molecule has 2 aromatic heterocycles. The molecule has 0 radical (unpaired) electrons. The van der Waals surface area contributed by atoms with Gasteiger partial charge in [0.2, 0.25) is 0 Å². The normalized spacial score (nSPS) is 11.6. The van der Waals surface area contributed by atoms with Gasteiger partial charge in [0.25, 0.3) is 5.91 Å². The second-order valence-corrected chi connectivity index (χ2v) is 8.61. The summed E-state index contributed by atoms with van der Waals surface area (Å²) in [6, 6.07) is 21.4. The molecule has 0 saturated heterocycles. The first-order valence-corrected chi connectivity index (χ1v) is 11.8. The summed E-state index contributed by atoms with van der Waals surface area (Å²) in [6.07, 6.45) is 6.57. The van der Waals surface area contributed by atoms with E-state index in [1.807, 2.05) is 78.2 Å². The van der Waals surface area contributed by atoms with Crippen molar-refractivity contribution in [3.63, 3.8) is 0 Å². The maximum atomic E-state index is 12.4. The molecule has 4 rings (SSSR count). The predicted octanol–water partition coefficient (Wildman–Crippen LogP) is 5.11. The van der Waals surface area contributed by atoms with E-state index in [1.54, 1.807) is 18.5 Å². The van der Waals surface area contributed by atoms with Crippen LogP contribution in [0, 0.1) is 6.92 Å². The topological polar surface area (TPSA) is 85.1 Å². The van der Waals surface area contributed by atoms with Crippen LogP contribution in [0.3, 0.4) is 0 Å². The summed E-state index contributed by atoms with van der Waals surface area (Å²) in [5.74, 6) is 0.497. The molecule has 0 aliphatic carbocycles. The highest BCUT2D eigenvalue weighted by Crippen LogP contribution is 2.27. The molecule has 0 saturated carbocycles. The monoisotopic (exact) mass is 488 g/mol. The number of carbonyl (C=O) groups is 1. The number of thioether (sulfide) groups is 1. The molecular formula is C25H21ClN6OS. The van der Waals surface area contributed by atoms with Gasteiger partial charge >= 0.3 is 0 Å². The molecular weight excluding hydrogens is 468 g/mol. The molecule has 4 aromatic rings. The Kier molecular flexibility index (Phi) is 7.85. The average molecular weight is 489 g/mol. The van der Waals surface area contributed by atoms with E-state index >= 15 is 0 Å². The van der Waals surface area contributed by atoms with E-state index in [0.29, 0.717) is 16.0 Å². The summed E-state index contributed by atoms with van der Waals surface area (Å²) in [4.78, 5) is 16.4. The Balaban J connectivity index is 1.45. The van der Waals surface area contributed by atoms with E-state index in [1.165, 1.54) is 18.0 Å². The second kappa shape index (κ2) is 11.4. The zero-order chi connectivity index (χ0) is 23.8. The number of hydrogen-bond acceptors (Lipinski definition) is 6. The molecule has 0 aliphatic rings. The van der Waals surface area contributed by atoms with Crippen LogP contribution in [-0.4, -0.2) is 37.6 Å². The number of hydrazone groups is 1. The molecule has 0 spiro atoms. The van der Waals surface area contributed by atoms with Gasteiger partial charge < -0.3 is 0 Å². The lowest BCUT2D eigenvalue weighted by Crippen LogP contribution is -2.19. The Labute approximate surface area is 206 Å². The Hall–Kier alpha value is -3.75. The Morgan fingerprint density at radius 3 is 2.53 bits per heavy atom. The smallest absolute Gasteiger partial charge is 0.250 e. The fourth-order valence-corrected chi connectivity index (χ4v) is 3.97. The van der Waals surface area contributed by atoms with Crippen molar-refractivity contribution in [2.45, 2.75) is 12.1 Å². The molecule has 1 N–H and O–H groups in total. The number of carbonyl (C=O) groups excluding carboxylic acids is 1. The zero-order valence-corrected chi connectivity index (χ0v) is 19.9.